The fraction of sp³-hybridized carbons (Fsp3) is 0.268. The van der Waals surface area contributed by atoms with E-state index in [2.05, 4.69) is 154 Å². The lowest BCUT2D eigenvalue weighted by atomic mass is 9.80. The molecule has 0 spiro atoms. The Morgan fingerprint density at radius 1 is 0.413 bits per heavy atom. The van der Waals surface area contributed by atoms with E-state index in [0.717, 1.165) is 16.7 Å². The average Bonchev–Trinajstić information content (AvgIpc) is 3.10. The van der Waals surface area contributed by atoms with Gasteiger partial charge in [0.05, 0.1) is 39.6 Å². The van der Waals surface area contributed by atoms with Crippen molar-refractivity contribution in [1.29, 1.82) is 0 Å². The van der Waals surface area contributed by atoms with Crippen LogP contribution in [0.2, 0.25) is 5.04 Å². The molecule has 0 aliphatic heterocycles. The van der Waals surface area contributed by atoms with Gasteiger partial charge >= 0.3 is 0 Å². The molecule has 0 radical (unpaired) electrons. The van der Waals surface area contributed by atoms with E-state index >= 15 is 0 Å². The van der Waals surface area contributed by atoms with Crippen LogP contribution in [0.5, 0.6) is 0 Å². The zero-order valence-corrected chi connectivity index (χ0v) is 28.3. The molecule has 5 rings (SSSR count). The van der Waals surface area contributed by atoms with Gasteiger partial charge in [0.2, 0.25) is 0 Å². The number of hydrogen-bond donors (Lipinski definition) is 0. The Hall–Kier alpha value is -3.84. The SMILES string of the molecule is CC(C)(C)[Si](OCCOCCOCCOC(c1ccccc1)(c1ccccc1)c1ccccc1)(c1ccccc1)c1ccccc1. The highest BCUT2D eigenvalue weighted by Gasteiger charge is 2.50. The number of hydrogen-bond acceptors (Lipinski definition) is 4. The highest BCUT2D eigenvalue weighted by atomic mass is 28.4. The van der Waals surface area contributed by atoms with E-state index in [0.29, 0.717) is 39.6 Å². The van der Waals surface area contributed by atoms with Crippen molar-refractivity contribution < 1.29 is 18.6 Å². The Kier molecular flexibility index (Phi) is 11.7. The maximum absolute atomic E-state index is 6.93. The van der Waals surface area contributed by atoms with Crippen LogP contribution in [0.1, 0.15) is 37.5 Å². The van der Waals surface area contributed by atoms with Crippen molar-refractivity contribution in [1.82, 2.24) is 0 Å². The van der Waals surface area contributed by atoms with Crippen LogP contribution in [0.3, 0.4) is 0 Å². The standard InChI is InChI=1S/C41H46O4Si/c1-40(2,3)46(38-25-15-7-16-26-38,39-27-17-8-18-28-39)45-34-32-43-30-29-42-31-33-44-41(35-19-9-4-10-20-35,36-21-11-5-12-22-36)37-23-13-6-14-24-37/h4-28H,29-34H2,1-3H3. The molecule has 0 aliphatic rings. The van der Waals surface area contributed by atoms with Gasteiger partial charge in [0.1, 0.15) is 5.60 Å². The van der Waals surface area contributed by atoms with Gasteiger partial charge < -0.3 is 18.6 Å². The quantitative estimate of drug-likeness (QED) is 0.0639. The molecule has 0 aromatic heterocycles. The van der Waals surface area contributed by atoms with Crippen LogP contribution in [-0.2, 0) is 24.2 Å². The second-order valence-corrected chi connectivity index (χ2v) is 16.7. The molecule has 0 saturated heterocycles. The molecule has 0 N–H and O–H groups in total. The van der Waals surface area contributed by atoms with Gasteiger partial charge in [-0.05, 0) is 32.1 Å². The second kappa shape index (κ2) is 16.1. The molecule has 0 bridgehead atoms. The van der Waals surface area contributed by atoms with E-state index in [1.807, 2.05) is 18.2 Å². The van der Waals surface area contributed by atoms with Crippen molar-refractivity contribution in [2.45, 2.75) is 31.4 Å². The lowest BCUT2D eigenvalue weighted by molar-refractivity contribution is -0.0346. The molecule has 0 unspecified atom stereocenters. The topological polar surface area (TPSA) is 36.9 Å². The maximum Gasteiger partial charge on any atom is 0.261 e. The molecule has 238 valence electrons. The van der Waals surface area contributed by atoms with Gasteiger partial charge in [-0.15, -0.1) is 0 Å². The summed E-state index contributed by atoms with van der Waals surface area (Å²) in [7, 11) is -2.57. The molecular weight excluding hydrogens is 585 g/mol. The van der Waals surface area contributed by atoms with Crippen molar-refractivity contribution >= 4 is 18.7 Å². The van der Waals surface area contributed by atoms with Crippen LogP contribution in [0.15, 0.2) is 152 Å². The Labute approximate surface area is 276 Å². The summed E-state index contributed by atoms with van der Waals surface area (Å²) in [5, 5.41) is 2.48. The third-order valence-corrected chi connectivity index (χ3v) is 13.5. The fourth-order valence-corrected chi connectivity index (χ4v) is 10.9. The van der Waals surface area contributed by atoms with Gasteiger partial charge in [0.15, 0.2) is 0 Å². The summed E-state index contributed by atoms with van der Waals surface area (Å²) in [5.41, 5.74) is 2.49. The average molecular weight is 631 g/mol. The molecule has 4 nitrogen and oxygen atoms in total. The summed E-state index contributed by atoms with van der Waals surface area (Å²) in [6, 6.07) is 52.6. The minimum atomic E-state index is -2.57. The van der Waals surface area contributed by atoms with Crippen LogP contribution >= 0.6 is 0 Å². The van der Waals surface area contributed by atoms with Crippen LogP contribution in [-0.4, -0.2) is 48.0 Å². The molecule has 0 atom stereocenters. The van der Waals surface area contributed by atoms with E-state index in [1.165, 1.54) is 10.4 Å². The normalized spacial score (nSPS) is 12.2. The van der Waals surface area contributed by atoms with Crippen molar-refractivity contribution in [2.75, 3.05) is 39.6 Å². The lowest BCUT2D eigenvalue weighted by Gasteiger charge is -2.43. The summed E-state index contributed by atoms with van der Waals surface area (Å²) in [5.74, 6) is 0. The van der Waals surface area contributed by atoms with Crippen molar-refractivity contribution in [3.05, 3.63) is 168 Å². The number of rotatable bonds is 16. The first-order chi connectivity index (χ1) is 22.5. The highest BCUT2D eigenvalue weighted by Crippen LogP contribution is 2.40. The molecule has 0 heterocycles. The smallest absolute Gasteiger partial charge is 0.261 e. The summed E-state index contributed by atoms with van der Waals surface area (Å²) < 4.78 is 25.7. The summed E-state index contributed by atoms with van der Waals surface area (Å²) in [6.07, 6.45) is 0. The van der Waals surface area contributed by atoms with Gasteiger partial charge in [-0.3, -0.25) is 0 Å². The van der Waals surface area contributed by atoms with E-state index in [-0.39, 0.29) is 5.04 Å². The van der Waals surface area contributed by atoms with E-state index in [1.54, 1.807) is 0 Å². The second-order valence-electron chi connectivity index (χ2n) is 12.4. The fourth-order valence-electron chi connectivity index (χ4n) is 6.36. The Balaban J connectivity index is 1.16. The zero-order valence-electron chi connectivity index (χ0n) is 27.3. The predicted molar refractivity (Wildman–Crippen MR) is 190 cm³/mol. The van der Waals surface area contributed by atoms with Crippen LogP contribution in [0.25, 0.3) is 0 Å². The van der Waals surface area contributed by atoms with Gasteiger partial charge in [-0.2, -0.15) is 0 Å². The van der Waals surface area contributed by atoms with Crippen LogP contribution in [0, 0.1) is 0 Å². The van der Waals surface area contributed by atoms with Crippen LogP contribution < -0.4 is 10.4 Å². The predicted octanol–water partition coefficient (Wildman–Crippen LogP) is 7.60. The molecule has 0 aliphatic carbocycles. The largest absolute Gasteiger partial charge is 0.405 e. The molecule has 0 fully saturated rings. The Morgan fingerprint density at radius 3 is 1.11 bits per heavy atom. The van der Waals surface area contributed by atoms with E-state index < -0.39 is 13.9 Å². The molecule has 0 amide bonds. The molecule has 5 heteroatoms. The van der Waals surface area contributed by atoms with Gasteiger partial charge in [0.25, 0.3) is 8.32 Å². The first-order valence-corrected chi connectivity index (χ1v) is 18.1. The van der Waals surface area contributed by atoms with Crippen molar-refractivity contribution in [3.8, 4) is 0 Å². The Bertz CT molecular complexity index is 1420. The minimum absolute atomic E-state index is 0.0622. The number of benzene rings is 5. The lowest BCUT2D eigenvalue weighted by Crippen LogP contribution is -2.66. The molecular formula is C41H46O4Si. The summed E-state index contributed by atoms with van der Waals surface area (Å²) >= 11 is 0. The summed E-state index contributed by atoms with van der Waals surface area (Å²) in [6.45, 7) is 9.75. The van der Waals surface area contributed by atoms with Crippen molar-refractivity contribution in [2.24, 2.45) is 0 Å². The van der Waals surface area contributed by atoms with Crippen LogP contribution in [0.4, 0.5) is 0 Å². The van der Waals surface area contributed by atoms with E-state index in [4.69, 9.17) is 18.6 Å². The number of ether oxygens (including phenoxy) is 3. The highest BCUT2D eigenvalue weighted by molar-refractivity contribution is 6.99. The van der Waals surface area contributed by atoms with Gasteiger partial charge in [0, 0.05) is 0 Å². The molecule has 0 saturated carbocycles. The van der Waals surface area contributed by atoms with Gasteiger partial charge in [-0.25, -0.2) is 0 Å². The zero-order chi connectivity index (χ0) is 32.1. The van der Waals surface area contributed by atoms with Gasteiger partial charge in [-0.1, -0.05) is 172 Å². The first-order valence-electron chi connectivity index (χ1n) is 16.2. The van der Waals surface area contributed by atoms with E-state index in [9.17, 15) is 0 Å². The third-order valence-electron chi connectivity index (χ3n) is 8.42. The molecule has 5 aromatic carbocycles. The minimum Gasteiger partial charge on any atom is -0.405 e. The van der Waals surface area contributed by atoms with Crippen molar-refractivity contribution in [3.63, 3.8) is 0 Å². The molecule has 46 heavy (non-hydrogen) atoms. The molecule has 5 aromatic rings. The monoisotopic (exact) mass is 630 g/mol. The first kappa shape index (κ1) is 33.5. The maximum atomic E-state index is 6.93. The Morgan fingerprint density at radius 2 is 0.739 bits per heavy atom. The third kappa shape index (κ3) is 7.57. The summed E-state index contributed by atoms with van der Waals surface area (Å²) in [4.78, 5) is 0.